The highest BCUT2D eigenvalue weighted by Crippen LogP contribution is 2.26. The van der Waals surface area contributed by atoms with Crippen molar-refractivity contribution in [2.24, 2.45) is 5.92 Å². The second kappa shape index (κ2) is 7.66. The van der Waals surface area contributed by atoms with Gasteiger partial charge >= 0.3 is 5.97 Å². The van der Waals surface area contributed by atoms with Gasteiger partial charge in [0, 0.05) is 12.6 Å². The standard InChI is InChI=1S/C16H22ClNO3/c1-2-21-16(20)12-4-6-13(7-5-12)18-10-11-3-8-15(19)14(17)9-11/h3,8-9,12-13,18-19H,2,4-7,10H2,1H3. The molecule has 4 nitrogen and oxygen atoms in total. The topological polar surface area (TPSA) is 58.6 Å². The zero-order chi connectivity index (χ0) is 15.2. The highest BCUT2D eigenvalue weighted by Gasteiger charge is 2.26. The quantitative estimate of drug-likeness (QED) is 0.820. The molecule has 5 heteroatoms. The molecule has 1 aliphatic carbocycles. The fourth-order valence-electron chi connectivity index (χ4n) is 2.72. The van der Waals surface area contributed by atoms with Gasteiger partial charge in [-0.05, 0) is 50.3 Å². The zero-order valence-electron chi connectivity index (χ0n) is 12.3. The summed E-state index contributed by atoms with van der Waals surface area (Å²) in [4.78, 5) is 11.7. The number of esters is 1. The van der Waals surface area contributed by atoms with Crippen molar-refractivity contribution in [3.05, 3.63) is 28.8 Å². The predicted molar refractivity (Wildman–Crippen MR) is 82.3 cm³/mol. The van der Waals surface area contributed by atoms with Gasteiger partial charge in [-0.2, -0.15) is 0 Å². The van der Waals surface area contributed by atoms with Gasteiger partial charge < -0.3 is 15.2 Å². The maximum Gasteiger partial charge on any atom is 0.308 e. The molecule has 1 aliphatic rings. The van der Waals surface area contributed by atoms with Crippen molar-refractivity contribution in [1.29, 1.82) is 0 Å². The third kappa shape index (κ3) is 4.61. The Morgan fingerprint density at radius 3 is 2.71 bits per heavy atom. The van der Waals surface area contributed by atoms with Gasteiger partial charge in [0.05, 0.1) is 17.5 Å². The van der Waals surface area contributed by atoms with E-state index < -0.39 is 0 Å². The lowest BCUT2D eigenvalue weighted by Gasteiger charge is -2.28. The first-order valence-corrected chi connectivity index (χ1v) is 7.85. The van der Waals surface area contributed by atoms with E-state index in [0.29, 0.717) is 17.7 Å². The normalized spacial score (nSPS) is 22.0. The first kappa shape index (κ1) is 16.1. The number of rotatable bonds is 5. The number of phenols is 1. The second-order valence-corrected chi connectivity index (χ2v) is 5.87. The second-order valence-electron chi connectivity index (χ2n) is 5.47. The van der Waals surface area contributed by atoms with Gasteiger partial charge in [-0.3, -0.25) is 4.79 Å². The highest BCUT2D eigenvalue weighted by molar-refractivity contribution is 6.32. The van der Waals surface area contributed by atoms with Crippen molar-refractivity contribution < 1.29 is 14.6 Å². The summed E-state index contributed by atoms with van der Waals surface area (Å²) in [6.07, 6.45) is 3.73. The van der Waals surface area contributed by atoms with E-state index >= 15 is 0 Å². The Bertz CT molecular complexity index is 484. The number of nitrogens with one attached hydrogen (secondary N) is 1. The number of benzene rings is 1. The molecule has 1 fully saturated rings. The van der Waals surface area contributed by atoms with Crippen LogP contribution in [0.3, 0.4) is 0 Å². The molecule has 0 radical (unpaired) electrons. The molecule has 1 aromatic carbocycles. The summed E-state index contributed by atoms with van der Waals surface area (Å²) in [6, 6.07) is 5.66. The number of hydrogen-bond acceptors (Lipinski definition) is 4. The van der Waals surface area contributed by atoms with Crippen LogP contribution in [0.1, 0.15) is 38.2 Å². The monoisotopic (exact) mass is 311 g/mol. The Morgan fingerprint density at radius 1 is 1.38 bits per heavy atom. The molecule has 0 heterocycles. The third-order valence-corrected chi connectivity index (χ3v) is 4.26. The average Bonchev–Trinajstić information content (AvgIpc) is 2.49. The van der Waals surface area contributed by atoms with E-state index in [4.69, 9.17) is 16.3 Å². The average molecular weight is 312 g/mol. The van der Waals surface area contributed by atoms with Gasteiger partial charge in [-0.25, -0.2) is 0 Å². The molecular formula is C16H22ClNO3. The Morgan fingerprint density at radius 2 is 2.10 bits per heavy atom. The van der Waals surface area contributed by atoms with Gasteiger partial charge in [0.1, 0.15) is 5.75 Å². The van der Waals surface area contributed by atoms with E-state index in [1.54, 1.807) is 12.1 Å². The number of halogens is 1. The number of carbonyl (C=O) groups is 1. The number of ether oxygens (including phenoxy) is 1. The molecule has 0 aliphatic heterocycles. The van der Waals surface area contributed by atoms with Crippen molar-refractivity contribution in [2.75, 3.05) is 6.61 Å². The Hall–Kier alpha value is -1.26. The van der Waals surface area contributed by atoms with Crippen molar-refractivity contribution in [2.45, 2.75) is 45.2 Å². The summed E-state index contributed by atoms with van der Waals surface area (Å²) < 4.78 is 5.07. The van der Waals surface area contributed by atoms with Crippen molar-refractivity contribution in [3.63, 3.8) is 0 Å². The lowest BCUT2D eigenvalue weighted by Crippen LogP contribution is -2.35. The smallest absolute Gasteiger partial charge is 0.308 e. The minimum atomic E-state index is -0.0544. The molecule has 0 bridgehead atoms. The number of hydrogen-bond donors (Lipinski definition) is 2. The molecule has 1 aromatic rings. The van der Waals surface area contributed by atoms with Crippen molar-refractivity contribution >= 4 is 17.6 Å². The molecule has 2 rings (SSSR count). The molecule has 0 unspecified atom stereocenters. The van der Waals surface area contributed by atoms with E-state index in [-0.39, 0.29) is 17.6 Å². The van der Waals surface area contributed by atoms with Crippen LogP contribution in [0.25, 0.3) is 0 Å². The molecular weight excluding hydrogens is 290 g/mol. The SMILES string of the molecule is CCOC(=O)C1CCC(NCc2ccc(O)c(Cl)c2)CC1. The van der Waals surface area contributed by atoms with Gasteiger partial charge in [0.2, 0.25) is 0 Å². The Balaban J connectivity index is 1.76. The molecule has 21 heavy (non-hydrogen) atoms. The van der Waals surface area contributed by atoms with Crippen LogP contribution in [0.2, 0.25) is 5.02 Å². The summed E-state index contributed by atoms with van der Waals surface area (Å²) >= 11 is 5.89. The molecule has 116 valence electrons. The van der Waals surface area contributed by atoms with E-state index in [2.05, 4.69) is 5.32 Å². The Labute approximate surface area is 130 Å². The molecule has 1 saturated carbocycles. The summed E-state index contributed by atoms with van der Waals surface area (Å²) in [5, 5.41) is 13.2. The molecule has 0 atom stereocenters. The van der Waals surface area contributed by atoms with Crippen LogP contribution >= 0.6 is 11.6 Å². The number of carbonyl (C=O) groups excluding carboxylic acids is 1. The van der Waals surface area contributed by atoms with Gasteiger partial charge in [0.25, 0.3) is 0 Å². The molecule has 2 N–H and O–H groups in total. The van der Waals surface area contributed by atoms with Crippen LogP contribution in [0.5, 0.6) is 5.75 Å². The first-order chi connectivity index (χ1) is 10.1. The van der Waals surface area contributed by atoms with Crippen LogP contribution in [-0.4, -0.2) is 23.7 Å². The van der Waals surface area contributed by atoms with E-state index in [9.17, 15) is 9.90 Å². The zero-order valence-corrected chi connectivity index (χ0v) is 13.0. The maximum atomic E-state index is 11.7. The summed E-state index contributed by atoms with van der Waals surface area (Å²) in [5.41, 5.74) is 1.05. The predicted octanol–water partition coefficient (Wildman–Crippen LogP) is 3.26. The lowest BCUT2D eigenvalue weighted by molar-refractivity contribution is -0.149. The number of phenolic OH excluding ortho intramolecular Hbond substituents is 1. The summed E-state index contributed by atoms with van der Waals surface area (Å²) in [5.74, 6) is 0.114. The molecule has 0 aromatic heterocycles. The largest absolute Gasteiger partial charge is 0.506 e. The van der Waals surface area contributed by atoms with Gasteiger partial charge in [-0.15, -0.1) is 0 Å². The summed E-state index contributed by atoms with van der Waals surface area (Å²) in [7, 11) is 0. The van der Waals surface area contributed by atoms with Gasteiger partial charge in [-0.1, -0.05) is 17.7 Å². The lowest BCUT2D eigenvalue weighted by atomic mass is 9.86. The Kier molecular flexibility index (Phi) is 5.88. The van der Waals surface area contributed by atoms with Crippen LogP contribution in [0.15, 0.2) is 18.2 Å². The van der Waals surface area contributed by atoms with Crippen LogP contribution in [0.4, 0.5) is 0 Å². The molecule has 0 saturated heterocycles. The minimum absolute atomic E-state index is 0.0544. The van der Waals surface area contributed by atoms with Crippen LogP contribution in [0, 0.1) is 5.92 Å². The van der Waals surface area contributed by atoms with E-state index in [0.717, 1.165) is 37.8 Å². The van der Waals surface area contributed by atoms with E-state index in [1.165, 1.54) is 0 Å². The minimum Gasteiger partial charge on any atom is -0.506 e. The third-order valence-electron chi connectivity index (χ3n) is 3.95. The highest BCUT2D eigenvalue weighted by atomic mass is 35.5. The van der Waals surface area contributed by atoms with E-state index in [1.807, 2.05) is 13.0 Å². The van der Waals surface area contributed by atoms with Crippen LogP contribution < -0.4 is 5.32 Å². The van der Waals surface area contributed by atoms with Crippen LogP contribution in [-0.2, 0) is 16.1 Å². The molecule has 0 amide bonds. The van der Waals surface area contributed by atoms with Crippen molar-refractivity contribution in [1.82, 2.24) is 5.32 Å². The summed E-state index contributed by atoms with van der Waals surface area (Å²) in [6.45, 7) is 3.02. The maximum absolute atomic E-state index is 11.7. The molecule has 0 spiro atoms. The fourth-order valence-corrected chi connectivity index (χ4v) is 2.92. The fraction of sp³-hybridized carbons (Fsp3) is 0.562. The number of aromatic hydroxyl groups is 1. The van der Waals surface area contributed by atoms with Gasteiger partial charge in [0.15, 0.2) is 0 Å². The first-order valence-electron chi connectivity index (χ1n) is 7.47. The van der Waals surface area contributed by atoms with Crippen molar-refractivity contribution in [3.8, 4) is 5.75 Å².